The van der Waals surface area contributed by atoms with Crippen LogP contribution in [0.2, 0.25) is 10.0 Å². The van der Waals surface area contributed by atoms with Gasteiger partial charge < -0.3 is 5.11 Å². The van der Waals surface area contributed by atoms with Crippen LogP contribution < -0.4 is 0 Å². The maximum Gasteiger partial charge on any atom is 0.122 e. The van der Waals surface area contributed by atoms with Gasteiger partial charge in [-0.2, -0.15) is 0 Å². The normalized spacial score (nSPS) is 24.6. The van der Waals surface area contributed by atoms with Gasteiger partial charge in [0, 0.05) is 0 Å². The first-order chi connectivity index (χ1) is 7.61. The number of hydrogen-bond acceptors (Lipinski definition) is 1. The third-order valence-electron chi connectivity index (χ3n) is 2.76. The molecule has 1 fully saturated rings. The quantitative estimate of drug-likeness (QED) is 0.873. The Morgan fingerprint density at radius 1 is 1.44 bits per heavy atom. The standard InChI is InChI=1S/C12H11Cl2FO/c13-11-2-1-7(5-12(11)14)10-4-8(10)3-9(15)6-16/h1-3,5,8,10,16H,4,6H2. The number of allylic oxidation sites excluding steroid dienone is 1. The molecule has 1 nitrogen and oxygen atoms in total. The second-order valence-corrected chi connectivity index (χ2v) is 4.77. The Kier molecular flexibility index (Phi) is 3.53. The fourth-order valence-corrected chi connectivity index (χ4v) is 2.12. The van der Waals surface area contributed by atoms with Crippen LogP contribution >= 0.6 is 23.2 Å². The highest BCUT2D eigenvalue weighted by atomic mass is 35.5. The number of rotatable bonds is 3. The largest absolute Gasteiger partial charge is 0.389 e. The second kappa shape index (κ2) is 4.74. The van der Waals surface area contributed by atoms with E-state index < -0.39 is 12.4 Å². The number of aliphatic hydroxyl groups excluding tert-OH is 1. The van der Waals surface area contributed by atoms with Crippen molar-refractivity contribution in [3.63, 3.8) is 0 Å². The Bertz CT molecular complexity index is 431. The van der Waals surface area contributed by atoms with E-state index in [1.165, 1.54) is 6.08 Å². The predicted octanol–water partition coefficient (Wildman–Crippen LogP) is 3.94. The maximum absolute atomic E-state index is 12.8. The summed E-state index contributed by atoms with van der Waals surface area (Å²) in [5.74, 6) is 0.00372. The van der Waals surface area contributed by atoms with E-state index in [0.29, 0.717) is 16.0 Å². The SMILES string of the molecule is OCC(F)=CC1CC1c1ccc(Cl)c(Cl)c1. The summed E-state index contributed by atoms with van der Waals surface area (Å²) in [6.07, 6.45) is 2.37. The highest BCUT2D eigenvalue weighted by Crippen LogP contribution is 2.49. The third-order valence-corrected chi connectivity index (χ3v) is 3.50. The zero-order valence-corrected chi connectivity index (χ0v) is 9.97. The molecule has 0 spiro atoms. The Labute approximate surface area is 103 Å². The Morgan fingerprint density at radius 2 is 2.19 bits per heavy atom. The molecule has 0 radical (unpaired) electrons. The van der Waals surface area contributed by atoms with Crippen LogP contribution in [-0.2, 0) is 0 Å². The van der Waals surface area contributed by atoms with Crippen LogP contribution in [0.4, 0.5) is 4.39 Å². The van der Waals surface area contributed by atoms with Crippen LogP contribution in [0.3, 0.4) is 0 Å². The Balaban J connectivity index is 2.09. The first-order valence-corrected chi connectivity index (χ1v) is 5.79. The minimum atomic E-state index is -0.523. The highest BCUT2D eigenvalue weighted by molar-refractivity contribution is 6.42. The molecule has 0 amide bonds. The van der Waals surface area contributed by atoms with Crippen molar-refractivity contribution >= 4 is 23.2 Å². The van der Waals surface area contributed by atoms with Crippen molar-refractivity contribution in [1.82, 2.24) is 0 Å². The third kappa shape index (κ3) is 2.57. The molecule has 16 heavy (non-hydrogen) atoms. The van der Waals surface area contributed by atoms with Crippen LogP contribution in [0, 0.1) is 5.92 Å². The second-order valence-electron chi connectivity index (χ2n) is 3.95. The lowest BCUT2D eigenvalue weighted by Gasteiger charge is -2.01. The van der Waals surface area contributed by atoms with E-state index in [1.54, 1.807) is 6.07 Å². The van der Waals surface area contributed by atoms with E-state index in [2.05, 4.69) is 0 Å². The fraction of sp³-hybridized carbons (Fsp3) is 0.333. The van der Waals surface area contributed by atoms with E-state index in [-0.39, 0.29) is 5.92 Å². The summed E-state index contributed by atoms with van der Waals surface area (Å²) in [6.45, 7) is -0.523. The maximum atomic E-state index is 12.8. The molecule has 4 heteroatoms. The van der Waals surface area contributed by atoms with Gasteiger partial charge in [-0.3, -0.25) is 0 Å². The van der Waals surface area contributed by atoms with Gasteiger partial charge in [-0.05, 0) is 42.0 Å². The van der Waals surface area contributed by atoms with E-state index in [1.807, 2.05) is 12.1 Å². The molecule has 0 aliphatic heterocycles. The summed E-state index contributed by atoms with van der Waals surface area (Å²) in [7, 11) is 0. The lowest BCUT2D eigenvalue weighted by atomic mass is 10.1. The Morgan fingerprint density at radius 3 is 2.81 bits per heavy atom. The summed E-state index contributed by atoms with van der Waals surface area (Å²) in [6, 6.07) is 5.48. The molecule has 2 rings (SSSR count). The summed E-state index contributed by atoms with van der Waals surface area (Å²) in [5.41, 5.74) is 1.07. The van der Waals surface area contributed by atoms with Crippen molar-refractivity contribution in [1.29, 1.82) is 0 Å². The molecule has 1 N–H and O–H groups in total. The summed E-state index contributed by atoms with van der Waals surface area (Å²) < 4.78 is 12.8. The molecule has 0 heterocycles. The lowest BCUT2D eigenvalue weighted by Crippen LogP contribution is -1.86. The average Bonchev–Trinajstić information content (AvgIpc) is 3.01. The van der Waals surface area contributed by atoms with Crippen LogP contribution in [0.1, 0.15) is 17.9 Å². The van der Waals surface area contributed by atoms with E-state index in [9.17, 15) is 4.39 Å². The highest BCUT2D eigenvalue weighted by Gasteiger charge is 2.37. The molecule has 1 aliphatic carbocycles. The van der Waals surface area contributed by atoms with Gasteiger partial charge in [0.2, 0.25) is 0 Å². The minimum Gasteiger partial charge on any atom is -0.389 e. The molecule has 86 valence electrons. The number of halogens is 3. The van der Waals surface area contributed by atoms with Crippen molar-refractivity contribution in [3.8, 4) is 0 Å². The van der Waals surface area contributed by atoms with Crippen LogP contribution in [-0.4, -0.2) is 11.7 Å². The zero-order chi connectivity index (χ0) is 11.7. The first-order valence-electron chi connectivity index (χ1n) is 5.04. The molecule has 2 atom stereocenters. The van der Waals surface area contributed by atoms with Gasteiger partial charge in [0.1, 0.15) is 5.83 Å². The monoisotopic (exact) mass is 260 g/mol. The zero-order valence-electron chi connectivity index (χ0n) is 8.46. The van der Waals surface area contributed by atoms with Crippen LogP contribution in [0.5, 0.6) is 0 Å². The lowest BCUT2D eigenvalue weighted by molar-refractivity contribution is 0.297. The van der Waals surface area contributed by atoms with Gasteiger partial charge in [0.05, 0.1) is 16.7 Å². The topological polar surface area (TPSA) is 20.2 Å². The predicted molar refractivity (Wildman–Crippen MR) is 63.6 cm³/mol. The van der Waals surface area contributed by atoms with Crippen molar-refractivity contribution < 1.29 is 9.50 Å². The summed E-state index contributed by atoms with van der Waals surface area (Å²) >= 11 is 11.7. The molecular formula is C12H11Cl2FO. The fourth-order valence-electron chi connectivity index (χ4n) is 1.81. The van der Waals surface area contributed by atoms with Gasteiger partial charge >= 0.3 is 0 Å². The van der Waals surface area contributed by atoms with Crippen molar-refractivity contribution in [2.75, 3.05) is 6.61 Å². The molecule has 0 aromatic heterocycles. The van der Waals surface area contributed by atoms with Crippen LogP contribution in [0.15, 0.2) is 30.1 Å². The van der Waals surface area contributed by atoms with Crippen molar-refractivity contribution in [2.45, 2.75) is 12.3 Å². The van der Waals surface area contributed by atoms with Gasteiger partial charge in [-0.1, -0.05) is 29.3 Å². The van der Waals surface area contributed by atoms with E-state index in [0.717, 1.165) is 12.0 Å². The van der Waals surface area contributed by atoms with Gasteiger partial charge in [0.15, 0.2) is 0 Å². The van der Waals surface area contributed by atoms with E-state index in [4.69, 9.17) is 28.3 Å². The van der Waals surface area contributed by atoms with Gasteiger partial charge in [-0.25, -0.2) is 4.39 Å². The van der Waals surface area contributed by atoms with Crippen molar-refractivity contribution in [2.24, 2.45) is 5.92 Å². The molecule has 1 aromatic carbocycles. The minimum absolute atomic E-state index is 0.171. The molecule has 2 unspecified atom stereocenters. The molecular weight excluding hydrogens is 250 g/mol. The molecule has 0 saturated heterocycles. The molecule has 1 aliphatic rings. The number of aliphatic hydroxyl groups is 1. The number of benzene rings is 1. The van der Waals surface area contributed by atoms with Gasteiger partial charge in [-0.15, -0.1) is 0 Å². The average molecular weight is 261 g/mol. The summed E-state index contributed by atoms with van der Waals surface area (Å²) in [4.78, 5) is 0. The van der Waals surface area contributed by atoms with Crippen molar-refractivity contribution in [3.05, 3.63) is 45.7 Å². The van der Waals surface area contributed by atoms with Crippen LogP contribution in [0.25, 0.3) is 0 Å². The smallest absolute Gasteiger partial charge is 0.122 e. The molecule has 1 saturated carbocycles. The van der Waals surface area contributed by atoms with E-state index >= 15 is 0 Å². The molecule has 1 aromatic rings. The molecule has 0 bridgehead atoms. The Hall–Kier alpha value is -0.570. The summed E-state index contributed by atoms with van der Waals surface area (Å²) in [5, 5.41) is 9.62. The number of hydrogen-bond donors (Lipinski definition) is 1. The van der Waals surface area contributed by atoms with Gasteiger partial charge in [0.25, 0.3) is 0 Å². The first kappa shape index (κ1) is 11.9.